The van der Waals surface area contributed by atoms with Gasteiger partial charge in [-0.15, -0.1) is 0 Å². The molecule has 3 rings (SSSR count). The van der Waals surface area contributed by atoms with E-state index < -0.39 is 0 Å². The lowest BCUT2D eigenvalue weighted by atomic mass is 10.1. The molecule has 2 aromatic heterocycles. The summed E-state index contributed by atoms with van der Waals surface area (Å²) < 4.78 is 2.07. The molecule has 0 aliphatic carbocycles. The third-order valence-corrected chi connectivity index (χ3v) is 3.78. The van der Waals surface area contributed by atoms with Gasteiger partial charge in [-0.3, -0.25) is 4.98 Å². The molecule has 0 bridgehead atoms. The van der Waals surface area contributed by atoms with Crippen molar-refractivity contribution < 1.29 is 0 Å². The molecule has 0 saturated heterocycles. The Bertz CT molecular complexity index is 791. The van der Waals surface area contributed by atoms with Crippen LogP contribution in [0, 0.1) is 18.3 Å². The summed E-state index contributed by atoms with van der Waals surface area (Å²) in [5.41, 5.74) is 5.82. The van der Waals surface area contributed by atoms with E-state index in [2.05, 4.69) is 52.7 Å². The van der Waals surface area contributed by atoms with E-state index in [1.807, 2.05) is 18.5 Å². The van der Waals surface area contributed by atoms with Crippen molar-refractivity contribution in [2.45, 2.75) is 26.2 Å². The van der Waals surface area contributed by atoms with E-state index in [0.29, 0.717) is 6.42 Å². The van der Waals surface area contributed by atoms with Gasteiger partial charge < -0.3 is 4.40 Å². The van der Waals surface area contributed by atoms with E-state index in [0.717, 1.165) is 29.7 Å². The van der Waals surface area contributed by atoms with Crippen LogP contribution in [0.4, 0.5) is 0 Å². The Morgan fingerprint density at radius 1 is 1.10 bits per heavy atom. The zero-order chi connectivity index (χ0) is 14.7. The molecule has 0 atom stereocenters. The van der Waals surface area contributed by atoms with E-state index >= 15 is 0 Å². The second-order valence-corrected chi connectivity index (χ2v) is 5.27. The fourth-order valence-electron chi connectivity index (χ4n) is 2.59. The Kier molecular flexibility index (Phi) is 3.70. The van der Waals surface area contributed by atoms with Gasteiger partial charge in [-0.2, -0.15) is 5.26 Å². The molecule has 0 spiro atoms. The molecular formula is C18H17N3. The minimum atomic E-state index is 0.426. The van der Waals surface area contributed by atoms with Crippen molar-refractivity contribution in [1.82, 2.24) is 9.38 Å². The largest absolute Gasteiger partial charge is 0.317 e. The van der Waals surface area contributed by atoms with Gasteiger partial charge >= 0.3 is 0 Å². The van der Waals surface area contributed by atoms with Gasteiger partial charge in [0.25, 0.3) is 0 Å². The maximum Gasteiger partial charge on any atom is 0.0758 e. The van der Waals surface area contributed by atoms with E-state index in [-0.39, 0.29) is 0 Å². The van der Waals surface area contributed by atoms with E-state index in [1.54, 1.807) is 0 Å². The highest BCUT2D eigenvalue weighted by Crippen LogP contribution is 2.16. The lowest BCUT2D eigenvalue weighted by molar-refractivity contribution is 0.899. The molecule has 0 saturated carbocycles. The fraction of sp³-hybridized carbons (Fsp3) is 0.222. The topological polar surface area (TPSA) is 41.1 Å². The van der Waals surface area contributed by atoms with Crippen LogP contribution >= 0.6 is 0 Å². The molecule has 0 radical (unpaired) electrons. The number of nitrogens with zero attached hydrogens (tertiary/aromatic N) is 3. The van der Waals surface area contributed by atoms with Gasteiger partial charge in [0, 0.05) is 18.1 Å². The number of nitriles is 1. The first-order valence-corrected chi connectivity index (χ1v) is 7.14. The predicted octanol–water partition coefficient (Wildman–Crippen LogP) is 3.49. The average molecular weight is 275 g/mol. The van der Waals surface area contributed by atoms with E-state index in [9.17, 15) is 0 Å². The molecule has 21 heavy (non-hydrogen) atoms. The monoisotopic (exact) mass is 275 g/mol. The maximum absolute atomic E-state index is 8.86. The molecule has 2 heterocycles. The highest BCUT2D eigenvalue weighted by molar-refractivity contribution is 5.54. The second-order valence-electron chi connectivity index (χ2n) is 5.27. The SMILES string of the molecule is Cc1ccc(CCc2nccn3c(CC#N)ccc23)cc1. The summed E-state index contributed by atoms with van der Waals surface area (Å²) >= 11 is 0. The van der Waals surface area contributed by atoms with Crippen LogP contribution in [0.15, 0.2) is 48.8 Å². The molecule has 3 nitrogen and oxygen atoms in total. The molecule has 3 aromatic rings. The first-order valence-electron chi connectivity index (χ1n) is 7.14. The predicted molar refractivity (Wildman–Crippen MR) is 83.1 cm³/mol. The van der Waals surface area contributed by atoms with Crippen molar-refractivity contribution >= 4 is 5.52 Å². The van der Waals surface area contributed by atoms with Gasteiger partial charge in [0.15, 0.2) is 0 Å². The highest BCUT2D eigenvalue weighted by atomic mass is 14.9. The van der Waals surface area contributed by atoms with Crippen molar-refractivity contribution in [2.75, 3.05) is 0 Å². The quantitative estimate of drug-likeness (QED) is 0.731. The average Bonchev–Trinajstić information content (AvgIpc) is 2.91. The van der Waals surface area contributed by atoms with Crippen LogP contribution in [-0.4, -0.2) is 9.38 Å². The zero-order valence-corrected chi connectivity index (χ0v) is 12.1. The number of aryl methyl sites for hydroxylation is 3. The van der Waals surface area contributed by atoms with Crippen LogP contribution in [0.1, 0.15) is 22.5 Å². The zero-order valence-electron chi connectivity index (χ0n) is 12.1. The Balaban J connectivity index is 1.84. The normalized spacial score (nSPS) is 10.7. The fourth-order valence-corrected chi connectivity index (χ4v) is 2.59. The van der Waals surface area contributed by atoms with Gasteiger partial charge in [-0.05, 0) is 37.5 Å². The summed E-state index contributed by atoms with van der Waals surface area (Å²) in [7, 11) is 0. The van der Waals surface area contributed by atoms with Crippen molar-refractivity contribution in [3.8, 4) is 6.07 Å². The first-order chi connectivity index (χ1) is 10.3. The summed E-state index contributed by atoms with van der Waals surface area (Å²) in [5.74, 6) is 0. The number of hydrogen-bond acceptors (Lipinski definition) is 2. The maximum atomic E-state index is 8.86. The van der Waals surface area contributed by atoms with Crippen LogP contribution in [0.3, 0.4) is 0 Å². The van der Waals surface area contributed by atoms with Gasteiger partial charge in [0.1, 0.15) is 0 Å². The van der Waals surface area contributed by atoms with E-state index in [4.69, 9.17) is 5.26 Å². The van der Waals surface area contributed by atoms with Crippen molar-refractivity contribution in [2.24, 2.45) is 0 Å². The Hall–Kier alpha value is -2.60. The second kappa shape index (κ2) is 5.80. The minimum absolute atomic E-state index is 0.426. The van der Waals surface area contributed by atoms with E-state index in [1.165, 1.54) is 11.1 Å². The molecule has 3 heteroatoms. The molecule has 1 aromatic carbocycles. The third kappa shape index (κ3) is 2.80. The van der Waals surface area contributed by atoms with Gasteiger partial charge in [-0.1, -0.05) is 29.8 Å². The Labute approximate surface area is 124 Å². The number of fused-ring (bicyclic) bond motifs is 1. The van der Waals surface area contributed by atoms with Gasteiger partial charge in [0.05, 0.1) is 23.7 Å². The summed E-state index contributed by atoms with van der Waals surface area (Å²) in [6.45, 7) is 2.10. The summed E-state index contributed by atoms with van der Waals surface area (Å²) in [5, 5.41) is 8.86. The lowest BCUT2D eigenvalue weighted by Gasteiger charge is -2.06. The van der Waals surface area contributed by atoms with Crippen LogP contribution in [0.2, 0.25) is 0 Å². The summed E-state index contributed by atoms with van der Waals surface area (Å²) in [6, 6.07) is 14.9. The van der Waals surface area contributed by atoms with Crippen LogP contribution in [0.25, 0.3) is 5.52 Å². The summed E-state index contributed by atoms with van der Waals surface area (Å²) in [6.07, 6.45) is 6.06. The number of aromatic nitrogens is 2. The van der Waals surface area contributed by atoms with Crippen molar-refractivity contribution in [3.05, 3.63) is 71.3 Å². The highest BCUT2D eigenvalue weighted by Gasteiger charge is 2.07. The molecule has 0 aliphatic rings. The first kappa shape index (κ1) is 13.4. The number of benzene rings is 1. The molecule has 0 unspecified atom stereocenters. The molecule has 0 aliphatic heterocycles. The third-order valence-electron chi connectivity index (χ3n) is 3.78. The molecular weight excluding hydrogens is 258 g/mol. The molecule has 0 fully saturated rings. The van der Waals surface area contributed by atoms with Crippen molar-refractivity contribution in [3.63, 3.8) is 0 Å². The number of hydrogen-bond donors (Lipinski definition) is 0. The van der Waals surface area contributed by atoms with Gasteiger partial charge in [-0.25, -0.2) is 0 Å². The molecule has 104 valence electrons. The standard InChI is InChI=1S/C18H17N3/c1-14-2-4-15(5-3-14)6-8-17-18-9-7-16(10-11-19)21(18)13-12-20-17/h2-5,7,9,12-13H,6,8,10H2,1H3. The summed E-state index contributed by atoms with van der Waals surface area (Å²) in [4.78, 5) is 4.51. The van der Waals surface area contributed by atoms with Gasteiger partial charge in [0.2, 0.25) is 0 Å². The Morgan fingerprint density at radius 3 is 2.67 bits per heavy atom. The lowest BCUT2D eigenvalue weighted by Crippen LogP contribution is -2.00. The number of rotatable bonds is 4. The minimum Gasteiger partial charge on any atom is -0.317 e. The van der Waals surface area contributed by atoms with Crippen molar-refractivity contribution in [1.29, 1.82) is 5.26 Å². The van der Waals surface area contributed by atoms with Crippen LogP contribution < -0.4 is 0 Å². The van der Waals surface area contributed by atoms with Crippen LogP contribution in [-0.2, 0) is 19.3 Å². The Morgan fingerprint density at radius 2 is 1.90 bits per heavy atom. The molecule has 0 N–H and O–H groups in total. The molecule has 0 amide bonds. The van der Waals surface area contributed by atoms with Crippen LogP contribution in [0.5, 0.6) is 0 Å². The smallest absolute Gasteiger partial charge is 0.0758 e.